The number of fused-ring (bicyclic) bond motifs is 1. The number of methoxy groups -OCH3 is 1. The van der Waals surface area contributed by atoms with E-state index in [1.54, 1.807) is 7.11 Å². The molecule has 1 unspecified atom stereocenters. The maximum absolute atomic E-state index is 5.69. The number of rotatable bonds is 4. The van der Waals surface area contributed by atoms with Crippen LogP contribution in [0.4, 0.5) is 5.69 Å². The predicted molar refractivity (Wildman–Crippen MR) is 76.7 cm³/mol. The lowest BCUT2D eigenvalue weighted by Crippen LogP contribution is -2.25. The smallest absolute Gasteiger partial charge is 0.127 e. The summed E-state index contributed by atoms with van der Waals surface area (Å²) >= 11 is 0. The number of hydrogen-bond donors (Lipinski definition) is 1. The number of anilines is 1. The van der Waals surface area contributed by atoms with Crippen LogP contribution in [0.2, 0.25) is 0 Å². The normalized spacial score (nSPS) is 16.3. The van der Waals surface area contributed by atoms with E-state index in [1.807, 2.05) is 0 Å². The predicted octanol–water partition coefficient (Wildman–Crippen LogP) is 2.53. The molecule has 2 N–H and O–H groups in total. The summed E-state index contributed by atoms with van der Waals surface area (Å²) in [7, 11) is 3.93. The molecule has 0 fully saturated rings. The second-order valence-electron chi connectivity index (χ2n) is 5.19. The molecule has 1 aromatic rings. The molecular formula is C15H24N2O. The van der Waals surface area contributed by atoms with Gasteiger partial charge in [-0.3, -0.25) is 0 Å². The van der Waals surface area contributed by atoms with Crippen LogP contribution < -0.4 is 15.4 Å². The number of nitrogens with zero attached hydrogens (tertiary/aromatic N) is 1. The van der Waals surface area contributed by atoms with E-state index in [2.05, 4.69) is 31.0 Å². The molecule has 1 atom stereocenters. The Hall–Kier alpha value is -1.22. The second-order valence-corrected chi connectivity index (χ2v) is 5.19. The van der Waals surface area contributed by atoms with Crippen molar-refractivity contribution in [3.05, 3.63) is 23.3 Å². The fourth-order valence-corrected chi connectivity index (χ4v) is 2.88. The largest absolute Gasteiger partial charge is 0.496 e. The highest BCUT2D eigenvalue weighted by Crippen LogP contribution is 2.39. The van der Waals surface area contributed by atoms with Crippen molar-refractivity contribution in [1.29, 1.82) is 0 Å². The standard InChI is InChI=1S/C15H24N2O/c1-11(8-9-16)12-6-7-14-13(15(12)18-3)5-4-10-17(14)2/h6-7,11H,4-5,8-10,16H2,1-3H3. The molecule has 1 heterocycles. The number of ether oxygens (including phenoxy) is 1. The van der Waals surface area contributed by atoms with Crippen LogP contribution in [0.1, 0.15) is 36.8 Å². The molecule has 0 aliphatic carbocycles. The molecule has 0 aromatic heterocycles. The van der Waals surface area contributed by atoms with Crippen LogP contribution in [-0.4, -0.2) is 27.2 Å². The molecule has 0 bridgehead atoms. The van der Waals surface area contributed by atoms with E-state index < -0.39 is 0 Å². The number of nitrogens with two attached hydrogens (primary N) is 1. The van der Waals surface area contributed by atoms with Gasteiger partial charge < -0.3 is 15.4 Å². The Morgan fingerprint density at radius 3 is 2.89 bits per heavy atom. The van der Waals surface area contributed by atoms with E-state index in [-0.39, 0.29) is 0 Å². The first-order chi connectivity index (χ1) is 8.69. The first-order valence-corrected chi connectivity index (χ1v) is 6.80. The van der Waals surface area contributed by atoms with Crippen molar-refractivity contribution in [3.8, 4) is 5.75 Å². The molecule has 0 radical (unpaired) electrons. The van der Waals surface area contributed by atoms with Crippen LogP contribution in [0.15, 0.2) is 12.1 Å². The van der Waals surface area contributed by atoms with E-state index >= 15 is 0 Å². The molecule has 0 saturated carbocycles. The van der Waals surface area contributed by atoms with Gasteiger partial charge in [-0.25, -0.2) is 0 Å². The highest BCUT2D eigenvalue weighted by molar-refractivity contribution is 5.63. The summed E-state index contributed by atoms with van der Waals surface area (Å²) in [4.78, 5) is 2.32. The highest BCUT2D eigenvalue weighted by Gasteiger charge is 2.22. The molecular weight excluding hydrogens is 224 g/mol. The van der Waals surface area contributed by atoms with Gasteiger partial charge >= 0.3 is 0 Å². The average molecular weight is 248 g/mol. The van der Waals surface area contributed by atoms with Crippen LogP contribution in [0, 0.1) is 0 Å². The molecule has 0 saturated heterocycles. The van der Waals surface area contributed by atoms with Crippen molar-refractivity contribution in [3.63, 3.8) is 0 Å². The van der Waals surface area contributed by atoms with Crippen molar-refractivity contribution in [2.75, 3.05) is 32.1 Å². The Bertz CT molecular complexity index is 417. The lowest BCUT2D eigenvalue weighted by Gasteiger charge is -2.30. The van der Waals surface area contributed by atoms with Crippen LogP contribution in [-0.2, 0) is 6.42 Å². The quantitative estimate of drug-likeness (QED) is 0.890. The van der Waals surface area contributed by atoms with E-state index in [4.69, 9.17) is 10.5 Å². The Kier molecular flexibility index (Phi) is 4.12. The third-order valence-electron chi connectivity index (χ3n) is 3.93. The molecule has 18 heavy (non-hydrogen) atoms. The maximum atomic E-state index is 5.69. The Labute approximate surface area is 110 Å². The van der Waals surface area contributed by atoms with E-state index in [0.29, 0.717) is 5.92 Å². The molecule has 1 aliphatic heterocycles. The third-order valence-corrected chi connectivity index (χ3v) is 3.93. The minimum atomic E-state index is 0.461. The fourth-order valence-electron chi connectivity index (χ4n) is 2.88. The summed E-state index contributed by atoms with van der Waals surface area (Å²) in [6.45, 7) is 4.08. The molecule has 2 rings (SSSR count). The first kappa shape index (κ1) is 13.2. The second kappa shape index (κ2) is 5.61. The first-order valence-electron chi connectivity index (χ1n) is 6.80. The zero-order valence-corrected chi connectivity index (χ0v) is 11.7. The molecule has 100 valence electrons. The van der Waals surface area contributed by atoms with Gasteiger partial charge in [0.1, 0.15) is 5.75 Å². The van der Waals surface area contributed by atoms with Crippen molar-refractivity contribution in [2.24, 2.45) is 5.73 Å². The Morgan fingerprint density at radius 2 is 2.22 bits per heavy atom. The molecule has 1 aromatic carbocycles. The lowest BCUT2D eigenvalue weighted by molar-refractivity contribution is 0.399. The third kappa shape index (κ3) is 2.32. The minimum Gasteiger partial charge on any atom is -0.496 e. The molecule has 1 aliphatic rings. The molecule has 3 nitrogen and oxygen atoms in total. The number of benzene rings is 1. The molecule has 0 amide bonds. The van der Waals surface area contributed by atoms with Crippen LogP contribution in [0.25, 0.3) is 0 Å². The summed E-state index contributed by atoms with van der Waals surface area (Å²) in [5, 5.41) is 0. The van der Waals surface area contributed by atoms with Gasteiger partial charge in [-0.2, -0.15) is 0 Å². The summed E-state index contributed by atoms with van der Waals surface area (Å²) in [6, 6.07) is 4.44. The van der Waals surface area contributed by atoms with Gasteiger partial charge in [0.2, 0.25) is 0 Å². The summed E-state index contributed by atoms with van der Waals surface area (Å²) < 4.78 is 5.69. The average Bonchev–Trinajstić information content (AvgIpc) is 2.38. The van der Waals surface area contributed by atoms with Crippen molar-refractivity contribution in [1.82, 2.24) is 0 Å². The molecule has 0 spiro atoms. The molecule has 3 heteroatoms. The van der Waals surface area contributed by atoms with Crippen LogP contribution in [0.5, 0.6) is 5.75 Å². The van der Waals surface area contributed by atoms with Gasteiger partial charge in [-0.05, 0) is 43.4 Å². The zero-order valence-electron chi connectivity index (χ0n) is 11.7. The fraction of sp³-hybridized carbons (Fsp3) is 0.600. The van der Waals surface area contributed by atoms with Gasteiger partial charge in [0.15, 0.2) is 0 Å². The Balaban J connectivity index is 2.44. The topological polar surface area (TPSA) is 38.5 Å². The van der Waals surface area contributed by atoms with Gasteiger partial charge in [0, 0.05) is 24.8 Å². The number of hydrogen-bond acceptors (Lipinski definition) is 3. The van der Waals surface area contributed by atoms with Crippen molar-refractivity contribution < 1.29 is 4.74 Å². The summed E-state index contributed by atoms with van der Waals surface area (Å²) in [5.41, 5.74) is 9.66. The van der Waals surface area contributed by atoms with Crippen molar-refractivity contribution in [2.45, 2.75) is 32.1 Å². The van der Waals surface area contributed by atoms with E-state index in [1.165, 1.54) is 23.2 Å². The zero-order chi connectivity index (χ0) is 13.1. The SMILES string of the molecule is COc1c(C(C)CCN)ccc2c1CCCN2C. The summed E-state index contributed by atoms with van der Waals surface area (Å²) in [6.07, 6.45) is 3.33. The van der Waals surface area contributed by atoms with Gasteiger partial charge in [-0.15, -0.1) is 0 Å². The summed E-state index contributed by atoms with van der Waals surface area (Å²) in [5.74, 6) is 1.54. The maximum Gasteiger partial charge on any atom is 0.127 e. The lowest BCUT2D eigenvalue weighted by atomic mass is 9.91. The van der Waals surface area contributed by atoms with Gasteiger partial charge in [0.25, 0.3) is 0 Å². The van der Waals surface area contributed by atoms with Crippen LogP contribution >= 0.6 is 0 Å². The monoisotopic (exact) mass is 248 g/mol. The van der Waals surface area contributed by atoms with Crippen LogP contribution in [0.3, 0.4) is 0 Å². The van der Waals surface area contributed by atoms with Gasteiger partial charge in [0.05, 0.1) is 7.11 Å². The minimum absolute atomic E-state index is 0.461. The van der Waals surface area contributed by atoms with E-state index in [9.17, 15) is 0 Å². The van der Waals surface area contributed by atoms with Gasteiger partial charge in [-0.1, -0.05) is 13.0 Å². The highest BCUT2D eigenvalue weighted by atomic mass is 16.5. The Morgan fingerprint density at radius 1 is 1.44 bits per heavy atom. The van der Waals surface area contributed by atoms with E-state index in [0.717, 1.165) is 31.7 Å². The van der Waals surface area contributed by atoms with Crippen molar-refractivity contribution >= 4 is 5.69 Å².